The van der Waals surface area contributed by atoms with Crippen LogP contribution in [0.3, 0.4) is 0 Å². The lowest BCUT2D eigenvalue weighted by Crippen LogP contribution is -2.18. The fraction of sp³-hybridized carbons (Fsp3) is 0.500. The Morgan fingerprint density at radius 1 is 1.29 bits per heavy atom. The maximum atomic E-state index is 12.2. The molecule has 0 fully saturated rings. The van der Waals surface area contributed by atoms with Crippen LogP contribution in [-0.4, -0.2) is 6.36 Å². The molecule has 0 saturated heterocycles. The van der Waals surface area contributed by atoms with Crippen LogP contribution in [0.1, 0.15) is 25.0 Å². The Labute approximate surface area is 104 Å². The summed E-state index contributed by atoms with van der Waals surface area (Å²) in [5.74, 6) is 0.271. The third kappa shape index (κ3) is 4.86. The molecule has 1 aromatic rings. The Hall–Kier alpha value is -0.900. The Kier molecular flexibility index (Phi) is 4.69. The molecule has 0 saturated carbocycles. The molecular weight excluding hydrogens is 253 g/mol. The number of alkyl halides is 4. The molecule has 1 rings (SSSR count). The van der Waals surface area contributed by atoms with Crippen LogP contribution in [-0.2, 0) is 12.3 Å². The average molecular weight is 267 g/mol. The summed E-state index contributed by atoms with van der Waals surface area (Å²) >= 11 is 5.59. The van der Waals surface area contributed by atoms with E-state index in [0.717, 1.165) is 0 Å². The van der Waals surface area contributed by atoms with Crippen LogP contribution in [0.15, 0.2) is 18.2 Å². The van der Waals surface area contributed by atoms with Crippen molar-refractivity contribution in [3.8, 4) is 5.75 Å². The predicted octanol–water partition coefficient (Wildman–Crippen LogP) is 4.52. The SMILES string of the molecule is CC(C)Cc1ccc(CCl)cc1OC(F)(F)F. The fourth-order valence-electron chi connectivity index (χ4n) is 1.51. The number of hydrogen-bond donors (Lipinski definition) is 0. The van der Waals surface area contributed by atoms with Crippen molar-refractivity contribution in [2.24, 2.45) is 5.92 Å². The molecular formula is C12H14ClF3O. The van der Waals surface area contributed by atoms with Crippen LogP contribution in [0.25, 0.3) is 0 Å². The molecule has 0 atom stereocenters. The lowest BCUT2D eigenvalue weighted by Gasteiger charge is -2.15. The van der Waals surface area contributed by atoms with Crippen molar-refractivity contribution in [1.29, 1.82) is 0 Å². The molecule has 0 amide bonds. The molecule has 0 aliphatic carbocycles. The molecule has 96 valence electrons. The minimum absolute atomic E-state index is 0.149. The summed E-state index contributed by atoms with van der Waals surface area (Å²) in [6, 6.07) is 4.70. The van der Waals surface area contributed by atoms with Gasteiger partial charge in [-0.2, -0.15) is 0 Å². The number of hydrogen-bond acceptors (Lipinski definition) is 1. The number of rotatable bonds is 4. The lowest BCUT2D eigenvalue weighted by molar-refractivity contribution is -0.274. The first-order valence-electron chi connectivity index (χ1n) is 5.25. The van der Waals surface area contributed by atoms with Crippen LogP contribution >= 0.6 is 11.6 Å². The summed E-state index contributed by atoms with van der Waals surface area (Å²) in [6.07, 6.45) is -4.13. The molecule has 17 heavy (non-hydrogen) atoms. The second-order valence-electron chi connectivity index (χ2n) is 4.22. The Bertz CT molecular complexity index is 375. The number of halogens is 4. The van der Waals surface area contributed by atoms with E-state index < -0.39 is 6.36 Å². The molecule has 1 nitrogen and oxygen atoms in total. The summed E-state index contributed by atoms with van der Waals surface area (Å²) < 4.78 is 40.7. The quantitative estimate of drug-likeness (QED) is 0.728. The van der Waals surface area contributed by atoms with Crippen LogP contribution in [0.4, 0.5) is 13.2 Å². The zero-order chi connectivity index (χ0) is 13.1. The van der Waals surface area contributed by atoms with Crippen molar-refractivity contribution in [2.75, 3.05) is 0 Å². The van der Waals surface area contributed by atoms with Gasteiger partial charge in [0, 0.05) is 5.88 Å². The third-order valence-electron chi connectivity index (χ3n) is 2.14. The Morgan fingerprint density at radius 3 is 2.41 bits per heavy atom. The molecule has 0 aliphatic rings. The third-order valence-corrected chi connectivity index (χ3v) is 2.45. The van der Waals surface area contributed by atoms with Gasteiger partial charge in [-0.25, -0.2) is 0 Å². The molecule has 0 heterocycles. The lowest BCUT2D eigenvalue weighted by atomic mass is 10.0. The highest BCUT2D eigenvalue weighted by molar-refractivity contribution is 6.17. The molecule has 0 aromatic heterocycles. The van der Waals surface area contributed by atoms with Gasteiger partial charge in [-0.3, -0.25) is 0 Å². The topological polar surface area (TPSA) is 9.23 Å². The predicted molar refractivity (Wildman–Crippen MR) is 61.2 cm³/mol. The van der Waals surface area contributed by atoms with Crippen molar-refractivity contribution < 1.29 is 17.9 Å². The number of benzene rings is 1. The minimum atomic E-state index is -4.67. The van der Waals surface area contributed by atoms with Gasteiger partial charge in [0.2, 0.25) is 0 Å². The van der Waals surface area contributed by atoms with Gasteiger partial charge < -0.3 is 4.74 Å². The van der Waals surface area contributed by atoms with Gasteiger partial charge in [0.25, 0.3) is 0 Å². The van der Waals surface area contributed by atoms with Crippen molar-refractivity contribution >= 4 is 11.6 Å². The van der Waals surface area contributed by atoms with Crippen LogP contribution < -0.4 is 4.74 Å². The average Bonchev–Trinajstić information content (AvgIpc) is 2.17. The first-order chi connectivity index (χ1) is 7.81. The van der Waals surface area contributed by atoms with Crippen molar-refractivity contribution in [2.45, 2.75) is 32.5 Å². The Balaban J connectivity index is 3.03. The molecule has 0 unspecified atom stereocenters. The smallest absolute Gasteiger partial charge is 0.405 e. The van der Waals surface area contributed by atoms with E-state index in [-0.39, 0.29) is 17.5 Å². The maximum absolute atomic E-state index is 12.2. The Morgan fingerprint density at radius 2 is 1.94 bits per heavy atom. The normalized spacial score (nSPS) is 11.9. The minimum Gasteiger partial charge on any atom is -0.405 e. The van der Waals surface area contributed by atoms with E-state index in [0.29, 0.717) is 17.5 Å². The molecule has 0 spiro atoms. The summed E-state index contributed by atoms with van der Waals surface area (Å²) in [6.45, 7) is 3.87. The van der Waals surface area contributed by atoms with E-state index in [4.69, 9.17) is 11.6 Å². The largest absolute Gasteiger partial charge is 0.573 e. The maximum Gasteiger partial charge on any atom is 0.573 e. The molecule has 1 aromatic carbocycles. The van der Waals surface area contributed by atoms with Gasteiger partial charge in [-0.15, -0.1) is 24.8 Å². The van der Waals surface area contributed by atoms with E-state index in [1.54, 1.807) is 12.1 Å². The van der Waals surface area contributed by atoms with E-state index in [1.807, 2.05) is 13.8 Å². The van der Waals surface area contributed by atoms with E-state index >= 15 is 0 Å². The van der Waals surface area contributed by atoms with Crippen LogP contribution in [0.5, 0.6) is 5.75 Å². The molecule has 5 heteroatoms. The van der Waals surface area contributed by atoms with Crippen molar-refractivity contribution in [1.82, 2.24) is 0 Å². The van der Waals surface area contributed by atoms with Gasteiger partial charge in [-0.1, -0.05) is 26.0 Å². The highest BCUT2D eigenvalue weighted by Gasteiger charge is 2.32. The first kappa shape index (κ1) is 14.2. The fourth-order valence-corrected chi connectivity index (χ4v) is 1.68. The zero-order valence-electron chi connectivity index (χ0n) is 9.64. The van der Waals surface area contributed by atoms with Gasteiger partial charge in [0.15, 0.2) is 0 Å². The second kappa shape index (κ2) is 5.63. The van der Waals surface area contributed by atoms with Gasteiger partial charge in [-0.05, 0) is 29.5 Å². The summed E-state index contributed by atoms with van der Waals surface area (Å²) in [7, 11) is 0. The molecule has 0 bridgehead atoms. The second-order valence-corrected chi connectivity index (χ2v) is 4.49. The molecule has 0 aliphatic heterocycles. The summed E-state index contributed by atoms with van der Waals surface area (Å²) in [4.78, 5) is 0. The first-order valence-corrected chi connectivity index (χ1v) is 5.79. The van der Waals surface area contributed by atoms with Gasteiger partial charge in [0.05, 0.1) is 0 Å². The summed E-state index contributed by atoms with van der Waals surface area (Å²) in [5.41, 5.74) is 1.16. The monoisotopic (exact) mass is 266 g/mol. The van der Waals surface area contributed by atoms with Crippen LogP contribution in [0, 0.1) is 5.92 Å². The van der Waals surface area contributed by atoms with E-state index in [1.165, 1.54) is 6.07 Å². The highest BCUT2D eigenvalue weighted by Crippen LogP contribution is 2.29. The van der Waals surface area contributed by atoms with E-state index in [2.05, 4.69) is 4.74 Å². The standard InChI is InChI=1S/C12H14ClF3O/c1-8(2)5-10-4-3-9(7-13)6-11(10)17-12(14,15)16/h3-4,6,8H,5,7H2,1-2H3. The van der Waals surface area contributed by atoms with E-state index in [9.17, 15) is 13.2 Å². The van der Waals surface area contributed by atoms with Gasteiger partial charge >= 0.3 is 6.36 Å². The van der Waals surface area contributed by atoms with Crippen LogP contribution in [0.2, 0.25) is 0 Å². The van der Waals surface area contributed by atoms with Crippen molar-refractivity contribution in [3.05, 3.63) is 29.3 Å². The van der Waals surface area contributed by atoms with Crippen molar-refractivity contribution in [3.63, 3.8) is 0 Å². The molecule has 0 N–H and O–H groups in total. The molecule has 0 radical (unpaired) electrons. The number of ether oxygens (including phenoxy) is 1. The summed E-state index contributed by atoms with van der Waals surface area (Å²) in [5, 5.41) is 0. The highest BCUT2D eigenvalue weighted by atomic mass is 35.5. The van der Waals surface area contributed by atoms with Gasteiger partial charge in [0.1, 0.15) is 5.75 Å². The zero-order valence-corrected chi connectivity index (χ0v) is 10.4.